The fraction of sp³-hybridized carbons (Fsp3) is 0.167. The maximum absolute atomic E-state index is 11.8. The van der Waals surface area contributed by atoms with Crippen LogP contribution in [0.3, 0.4) is 0 Å². The van der Waals surface area contributed by atoms with Gasteiger partial charge in [-0.1, -0.05) is 6.07 Å². The first kappa shape index (κ1) is 18.9. The molecule has 158 valence electrons. The van der Waals surface area contributed by atoms with Gasteiger partial charge in [0.25, 0.3) is 0 Å². The van der Waals surface area contributed by atoms with Crippen LogP contribution in [0, 0.1) is 0 Å². The number of thiophene rings is 1. The maximum atomic E-state index is 11.8. The van der Waals surface area contributed by atoms with E-state index in [2.05, 4.69) is 37.7 Å². The van der Waals surface area contributed by atoms with E-state index >= 15 is 0 Å². The molecular formula is C24H20N6OS. The smallest absolute Gasteiger partial charge is 0.169 e. The number of hydrogen-bond donors (Lipinski definition) is 2. The maximum Gasteiger partial charge on any atom is 0.169 e. The van der Waals surface area contributed by atoms with Crippen molar-refractivity contribution in [3.8, 4) is 21.6 Å². The predicted molar refractivity (Wildman–Crippen MR) is 126 cm³/mol. The highest BCUT2D eigenvalue weighted by atomic mass is 32.1. The Bertz CT molecular complexity index is 1490. The Morgan fingerprint density at radius 1 is 1.16 bits per heavy atom. The fourth-order valence-corrected chi connectivity index (χ4v) is 5.32. The van der Waals surface area contributed by atoms with E-state index in [1.54, 1.807) is 6.92 Å². The lowest BCUT2D eigenvalue weighted by atomic mass is 10.00. The average Bonchev–Trinajstić information content (AvgIpc) is 3.56. The van der Waals surface area contributed by atoms with Crippen molar-refractivity contribution >= 4 is 33.7 Å². The molecule has 2 N–H and O–H groups in total. The summed E-state index contributed by atoms with van der Waals surface area (Å²) in [5.74, 6) is 0.0890. The van der Waals surface area contributed by atoms with Gasteiger partial charge < -0.3 is 5.32 Å². The molecule has 1 aliphatic heterocycles. The monoisotopic (exact) mass is 440 g/mol. The van der Waals surface area contributed by atoms with Crippen LogP contribution < -0.4 is 5.32 Å². The second-order valence-corrected chi connectivity index (χ2v) is 9.19. The van der Waals surface area contributed by atoms with E-state index in [9.17, 15) is 4.79 Å². The average molecular weight is 441 g/mol. The number of benzene rings is 1. The minimum Gasteiger partial charge on any atom is -0.375 e. The van der Waals surface area contributed by atoms with Crippen LogP contribution in [-0.2, 0) is 13.5 Å². The summed E-state index contributed by atoms with van der Waals surface area (Å²) in [5.41, 5.74) is 7.51. The molecule has 0 bridgehead atoms. The fourth-order valence-electron chi connectivity index (χ4n) is 4.38. The number of nitrogens with one attached hydrogen (secondary N) is 2. The van der Waals surface area contributed by atoms with E-state index < -0.39 is 0 Å². The number of H-pyrrole nitrogens is 1. The number of pyridine rings is 1. The number of aryl methyl sites for hydroxylation is 1. The molecule has 1 aliphatic rings. The zero-order valence-electron chi connectivity index (χ0n) is 17.6. The van der Waals surface area contributed by atoms with Crippen molar-refractivity contribution in [2.75, 3.05) is 5.32 Å². The van der Waals surface area contributed by atoms with Gasteiger partial charge in [0.1, 0.15) is 0 Å². The molecule has 4 aromatic heterocycles. The van der Waals surface area contributed by atoms with Gasteiger partial charge in [0.15, 0.2) is 5.78 Å². The Hall–Kier alpha value is -3.78. The first-order chi connectivity index (χ1) is 15.6. The molecule has 0 spiro atoms. The molecule has 8 heteroatoms. The molecule has 5 heterocycles. The summed E-state index contributed by atoms with van der Waals surface area (Å²) in [6.45, 7) is 1.60. The summed E-state index contributed by atoms with van der Waals surface area (Å²) < 4.78 is 1.81. The quantitative estimate of drug-likeness (QED) is 0.384. The van der Waals surface area contributed by atoms with Crippen LogP contribution in [0.5, 0.6) is 0 Å². The molecule has 7 nitrogen and oxygen atoms in total. The molecule has 6 rings (SSSR count). The number of hydrogen-bond acceptors (Lipinski definition) is 6. The lowest BCUT2D eigenvalue weighted by Crippen LogP contribution is -2.06. The molecular weight excluding hydrogens is 420 g/mol. The van der Waals surface area contributed by atoms with E-state index in [1.807, 2.05) is 54.7 Å². The molecule has 0 saturated carbocycles. The highest BCUT2D eigenvalue weighted by Gasteiger charge is 2.28. The van der Waals surface area contributed by atoms with Gasteiger partial charge in [-0.15, -0.1) is 11.3 Å². The summed E-state index contributed by atoms with van der Waals surface area (Å²) in [6, 6.07) is 10.3. The third-order valence-electron chi connectivity index (χ3n) is 5.98. The van der Waals surface area contributed by atoms with Gasteiger partial charge in [-0.05, 0) is 42.3 Å². The summed E-state index contributed by atoms with van der Waals surface area (Å²) in [5, 5.41) is 16.8. The minimum atomic E-state index is 0.0642. The summed E-state index contributed by atoms with van der Waals surface area (Å²) in [4.78, 5) is 18.0. The number of Topliss-reactive ketones (excluding diaryl/α,β-unsaturated/α-hetero) is 1. The van der Waals surface area contributed by atoms with Crippen molar-refractivity contribution in [2.45, 2.75) is 19.4 Å². The van der Waals surface area contributed by atoms with Crippen LogP contribution in [0.15, 0.2) is 55.1 Å². The number of fused-ring (bicyclic) bond motifs is 2. The van der Waals surface area contributed by atoms with E-state index in [0.717, 1.165) is 55.1 Å². The Morgan fingerprint density at radius 2 is 2.06 bits per heavy atom. The number of aromatic amines is 1. The van der Waals surface area contributed by atoms with Gasteiger partial charge in [-0.25, -0.2) is 0 Å². The number of ketones is 1. The summed E-state index contributed by atoms with van der Waals surface area (Å²) in [7, 11) is 1.92. The van der Waals surface area contributed by atoms with Crippen molar-refractivity contribution in [3.05, 3.63) is 71.3 Å². The lowest BCUT2D eigenvalue weighted by molar-refractivity contribution is 0.102. The van der Waals surface area contributed by atoms with E-state index in [0.29, 0.717) is 0 Å². The van der Waals surface area contributed by atoms with Crippen LogP contribution >= 0.6 is 11.3 Å². The van der Waals surface area contributed by atoms with Gasteiger partial charge in [-0.2, -0.15) is 10.2 Å². The Morgan fingerprint density at radius 3 is 2.84 bits per heavy atom. The van der Waals surface area contributed by atoms with Crippen LogP contribution in [-0.4, -0.2) is 30.7 Å². The minimum absolute atomic E-state index is 0.0642. The summed E-state index contributed by atoms with van der Waals surface area (Å²) >= 11 is 1.52. The van der Waals surface area contributed by atoms with Crippen molar-refractivity contribution in [3.63, 3.8) is 0 Å². The topological polar surface area (TPSA) is 88.5 Å². The van der Waals surface area contributed by atoms with Gasteiger partial charge in [0, 0.05) is 47.3 Å². The third kappa shape index (κ3) is 3.03. The molecule has 32 heavy (non-hydrogen) atoms. The molecule has 0 amide bonds. The Labute approximate surface area is 188 Å². The highest BCUT2D eigenvalue weighted by Crippen LogP contribution is 2.42. The lowest BCUT2D eigenvalue weighted by Gasteiger charge is -2.09. The van der Waals surface area contributed by atoms with Crippen molar-refractivity contribution in [1.29, 1.82) is 0 Å². The molecule has 1 aromatic carbocycles. The van der Waals surface area contributed by atoms with Crippen molar-refractivity contribution in [1.82, 2.24) is 25.0 Å². The van der Waals surface area contributed by atoms with Gasteiger partial charge in [0.05, 0.1) is 40.2 Å². The molecule has 1 atom stereocenters. The Balaban J connectivity index is 1.37. The largest absolute Gasteiger partial charge is 0.375 e. The van der Waals surface area contributed by atoms with Crippen LogP contribution in [0.4, 0.5) is 5.69 Å². The van der Waals surface area contributed by atoms with Crippen LogP contribution in [0.25, 0.3) is 32.5 Å². The van der Waals surface area contributed by atoms with E-state index in [-0.39, 0.29) is 11.8 Å². The molecule has 1 unspecified atom stereocenters. The van der Waals surface area contributed by atoms with E-state index in [4.69, 9.17) is 0 Å². The zero-order valence-corrected chi connectivity index (χ0v) is 18.4. The molecule has 0 fully saturated rings. The van der Waals surface area contributed by atoms with Gasteiger partial charge in [0.2, 0.25) is 0 Å². The Kier molecular flexibility index (Phi) is 4.22. The number of carbonyl (C=O) groups excluding carboxylic acids is 1. The molecule has 0 saturated heterocycles. The van der Waals surface area contributed by atoms with Crippen molar-refractivity contribution in [2.24, 2.45) is 7.05 Å². The predicted octanol–water partition coefficient (Wildman–Crippen LogP) is 5.00. The van der Waals surface area contributed by atoms with Crippen LogP contribution in [0.2, 0.25) is 0 Å². The first-order valence-corrected chi connectivity index (χ1v) is 11.2. The van der Waals surface area contributed by atoms with Crippen molar-refractivity contribution < 1.29 is 4.79 Å². The zero-order chi connectivity index (χ0) is 21.8. The number of nitrogens with zero attached hydrogens (tertiary/aromatic N) is 4. The number of aromatic nitrogens is 5. The van der Waals surface area contributed by atoms with E-state index in [1.165, 1.54) is 16.9 Å². The highest BCUT2D eigenvalue weighted by molar-refractivity contribution is 7.17. The SMILES string of the molecule is CC(=O)c1ccc(-c2cncc3c2CC(c2[nH]nc4ccc(-c5cnn(C)c5)cc24)N3)s1. The first-order valence-electron chi connectivity index (χ1n) is 10.4. The van der Waals surface area contributed by atoms with Gasteiger partial charge in [-0.3, -0.25) is 19.6 Å². The molecule has 0 radical (unpaired) electrons. The summed E-state index contributed by atoms with van der Waals surface area (Å²) in [6.07, 6.45) is 8.47. The molecule has 0 aliphatic carbocycles. The number of rotatable bonds is 4. The molecule has 5 aromatic rings. The third-order valence-corrected chi connectivity index (χ3v) is 7.20. The second kappa shape index (κ2) is 7.13. The van der Waals surface area contributed by atoms with Crippen LogP contribution in [0.1, 0.15) is 33.9 Å². The number of carbonyl (C=O) groups is 1. The standard InChI is InChI=1S/C24H20N6OS/c1-13(31)22-5-6-23(32-22)18-10-25-11-21-16(18)8-20(27-21)24-17-7-14(3-4-19(17)28-29-24)15-9-26-30(2)12-15/h3-7,9-12,20,27H,8H2,1-2H3,(H,28,29). The number of anilines is 1. The normalized spacial score (nSPS) is 15.1. The van der Waals surface area contributed by atoms with Gasteiger partial charge >= 0.3 is 0 Å². The second-order valence-electron chi connectivity index (χ2n) is 8.11.